The molecule has 1 aliphatic carbocycles. The van der Waals surface area contributed by atoms with Gasteiger partial charge in [0.2, 0.25) is 0 Å². The van der Waals surface area contributed by atoms with Crippen LogP contribution < -0.4 is 10.9 Å². The maximum Gasteiger partial charge on any atom is 0.349 e. The molecule has 0 bridgehead atoms. The normalized spacial score (nSPS) is 15.2. The van der Waals surface area contributed by atoms with Crippen molar-refractivity contribution < 1.29 is 14.3 Å². The fourth-order valence-electron chi connectivity index (χ4n) is 3.34. The first-order valence-electron chi connectivity index (χ1n) is 9.53. The van der Waals surface area contributed by atoms with E-state index in [1.54, 1.807) is 20.8 Å². The molecule has 1 aliphatic rings. The van der Waals surface area contributed by atoms with Gasteiger partial charge in [0.1, 0.15) is 15.5 Å². The smallest absolute Gasteiger partial charge is 0.349 e. The Hall–Kier alpha value is -2.48. The zero-order chi connectivity index (χ0) is 20.3. The number of carbonyl (C=O) groups excluding carboxylic acids is 2. The predicted molar refractivity (Wildman–Crippen MR) is 109 cm³/mol. The lowest BCUT2D eigenvalue weighted by molar-refractivity contribution is -0.129. The summed E-state index contributed by atoms with van der Waals surface area (Å²) in [4.78, 5) is 44.6. The molecule has 0 radical (unpaired) electrons. The second kappa shape index (κ2) is 8.68. The van der Waals surface area contributed by atoms with Gasteiger partial charge >= 0.3 is 5.97 Å². The molecule has 28 heavy (non-hydrogen) atoms. The highest BCUT2D eigenvalue weighted by atomic mass is 32.1. The minimum atomic E-state index is -0.912. The maximum absolute atomic E-state index is 12.5. The molecule has 150 valence electrons. The van der Waals surface area contributed by atoms with Crippen LogP contribution in [0.5, 0.6) is 0 Å². The van der Waals surface area contributed by atoms with Crippen LogP contribution in [-0.2, 0) is 9.53 Å². The zero-order valence-corrected chi connectivity index (χ0v) is 17.2. The van der Waals surface area contributed by atoms with E-state index in [0.717, 1.165) is 30.6 Å². The van der Waals surface area contributed by atoms with E-state index in [9.17, 15) is 14.4 Å². The maximum atomic E-state index is 12.5. The molecule has 1 atom stereocenters. The lowest BCUT2D eigenvalue weighted by atomic mass is 9.97. The van der Waals surface area contributed by atoms with Crippen molar-refractivity contribution in [3.63, 3.8) is 0 Å². The van der Waals surface area contributed by atoms with Gasteiger partial charge < -0.3 is 15.0 Å². The fourth-order valence-corrected chi connectivity index (χ4v) is 4.45. The van der Waals surface area contributed by atoms with E-state index in [-0.39, 0.29) is 11.5 Å². The number of allylic oxidation sites excluding steroid dienone is 1. The van der Waals surface area contributed by atoms with Crippen LogP contribution in [0.1, 0.15) is 60.1 Å². The fraction of sp³-hybridized carbons (Fsp3) is 0.500. The van der Waals surface area contributed by atoms with Crippen LogP contribution in [0.15, 0.2) is 16.4 Å². The van der Waals surface area contributed by atoms with Crippen molar-refractivity contribution in [3.8, 4) is 0 Å². The number of esters is 1. The number of hydrogen-bond acceptors (Lipinski definition) is 6. The second-order valence-corrected chi connectivity index (χ2v) is 8.08. The molecule has 2 aromatic heterocycles. The van der Waals surface area contributed by atoms with E-state index in [4.69, 9.17) is 4.74 Å². The summed E-state index contributed by atoms with van der Waals surface area (Å²) in [6.07, 6.45) is 6.82. The minimum absolute atomic E-state index is 0.280. The molecule has 7 nitrogen and oxygen atoms in total. The van der Waals surface area contributed by atoms with Gasteiger partial charge in [0, 0.05) is 6.54 Å². The number of aromatic nitrogens is 2. The number of nitrogens with zero attached hydrogens (tertiary/aromatic N) is 1. The van der Waals surface area contributed by atoms with Crippen LogP contribution in [0.4, 0.5) is 0 Å². The summed E-state index contributed by atoms with van der Waals surface area (Å²) in [7, 11) is 0. The Balaban J connectivity index is 1.60. The Bertz CT molecular complexity index is 989. The number of aromatic amines is 1. The van der Waals surface area contributed by atoms with Crippen molar-refractivity contribution in [2.45, 2.75) is 59.0 Å². The molecule has 0 saturated heterocycles. The van der Waals surface area contributed by atoms with Crippen molar-refractivity contribution >= 4 is 33.4 Å². The molecule has 2 heterocycles. The van der Waals surface area contributed by atoms with E-state index >= 15 is 0 Å². The number of H-pyrrole nitrogens is 1. The standard InChI is InChI=1S/C20H25N3O4S/c1-11-15-18(25)22-13(3)23-19(15)28-16(11)20(26)27-12(2)17(24)21-10-9-14-7-5-4-6-8-14/h7,12H,4-6,8-10H2,1-3H3,(H,21,24)(H,22,23,25)/t12-/m0/s1. The third-order valence-corrected chi connectivity index (χ3v) is 6.05. The number of amides is 1. The molecule has 1 amide bonds. The third-order valence-electron chi connectivity index (χ3n) is 4.89. The Morgan fingerprint density at radius 2 is 2.14 bits per heavy atom. The number of aryl methyl sites for hydroxylation is 2. The molecule has 2 aromatic rings. The van der Waals surface area contributed by atoms with Crippen molar-refractivity contribution in [2.24, 2.45) is 0 Å². The van der Waals surface area contributed by atoms with Gasteiger partial charge in [-0.25, -0.2) is 9.78 Å². The second-order valence-electron chi connectivity index (χ2n) is 7.08. The minimum Gasteiger partial charge on any atom is -0.448 e. The highest BCUT2D eigenvalue weighted by Gasteiger charge is 2.24. The van der Waals surface area contributed by atoms with Gasteiger partial charge in [0.05, 0.1) is 5.39 Å². The zero-order valence-electron chi connectivity index (χ0n) is 16.4. The van der Waals surface area contributed by atoms with Crippen LogP contribution in [-0.4, -0.2) is 34.5 Å². The average Bonchev–Trinajstić information content (AvgIpc) is 2.99. The molecule has 3 rings (SSSR count). The topological polar surface area (TPSA) is 101 Å². The van der Waals surface area contributed by atoms with Gasteiger partial charge in [0.25, 0.3) is 11.5 Å². The predicted octanol–water partition coefficient (Wildman–Crippen LogP) is 3.15. The van der Waals surface area contributed by atoms with Gasteiger partial charge in [-0.2, -0.15) is 0 Å². The van der Waals surface area contributed by atoms with E-state index < -0.39 is 12.1 Å². The van der Waals surface area contributed by atoms with E-state index in [2.05, 4.69) is 21.4 Å². The number of nitrogens with one attached hydrogen (secondary N) is 2. The molecule has 2 N–H and O–H groups in total. The molecule has 0 fully saturated rings. The summed E-state index contributed by atoms with van der Waals surface area (Å²) < 4.78 is 5.33. The largest absolute Gasteiger partial charge is 0.448 e. The summed E-state index contributed by atoms with van der Waals surface area (Å²) in [6.45, 7) is 5.45. The van der Waals surface area contributed by atoms with Gasteiger partial charge in [-0.1, -0.05) is 11.6 Å². The summed E-state index contributed by atoms with van der Waals surface area (Å²) >= 11 is 1.11. The Morgan fingerprint density at radius 3 is 2.86 bits per heavy atom. The number of hydrogen-bond donors (Lipinski definition) is 2. The molecular formula is C20H25N3O4S. The van der Waals surface area contributed by atoms with Gasteiger partial charge in [-0.3, -0.25) is 9.59 Å². The summed E-state index contributed by atoms with van der Waals surface area (Å²) in [5.74, 6) is -0.454. The first-order chi connectivity index (χ1) is 13.4. The third kappa shape index (κ3) is 4.49. The SMILES string of the molecule is Cc1nc2sc(C(=O)O[C@@H](C)C(=O)NCCC3=CCCCC3)c(C)c2c(=O)[nH]1. The van der Waals surface area contributed by atoms with E-state index in [1.165, 1.54) is 18.4 Å². The number of carbonyl (C=O) groups is 2. The van der Waals surface area contributed by atoms with Crippen molar-refractivity contribution in [1.29, 1.82) is 0 Å². The average molecular weight is 404 g/mol. The van der Waals surface area contributed by atoms with Crippen LogP contribution in [0, 0.1) is 13.8 Å². The van der Waals surface area contributed by atoms with E-state index in [0.29, 0.717) is 33.0 Å². The van der Waals surface area contributed by atoms with Crippen molar-refractivity contribution in [1.82, 2.24) is 15.3 Å². The van der Waals surface area contributed by atoms with E-state index in [1.807, 2.05) is 0 Å². The molecule has 0 spiro atoms. The van der Waals surface area contributed by atoms with Crippen LogP contribution in [0.25, 0.3) is 10.2 Å². The van der Waals surface area contributed by atoms with Crippen LogP contribution in [0.2, 0.25) is 0 Å². The molecule has 0 aromatic carbocycles. The number of fused-ring (bicyclic) bond motifs is 1. The Labute approximate surface area is 167 Å². The van der Waals surface area contributed by atoms with Crippen LogP contribution in [0.3, 0.4) is 0 Å². The molecule has 0 saturated carbocycles. The van der Waals surface area contributed by atoms with Gasteiger partial charge in [-0.05, 0) is 58.4 Å². The quantitative estimate of drug-likeness (QED) is 0.570. The number of ether oxygens (including phenoxy) is 1. The lowest BCUT2D eigenvalue weighted by Crippen LogP contribution is -2.36. The number of rotatable bonds is 6. The lowest BCUT2D eigenvalue weighted by Gasteiger charge is -2.15. The molecule has 0 unspecified atom stereocenters. The van der Waals surface area contributed by atoms with Gasteiger partial charge in [0.15, 0.2) is 6.10 Å². The molecular weight excluding hydrogens is 378 g/mol. The monoisotopic (exact) mass is 403 g/mol. The summed E-state index contributed by atoms with van der Waals surface area (Å²) in [5.41, 5.74) is 1.62. The molecule has 0 aliphatic heterocycles. The summed E-state index contributed by atoms with van der Waals surface area (Å²) in [5, 5.41) is 3.21. The van der Waals surface area contributed by atoms with Gasteiger partial charge in [-0.15, -0.1) is 11.3 Å². The Kier molecular flexibility index (Phi) is 6.28. The Morgan fingerprint density at radius 1 is 1.36 bits per heavy atom. The highest BCUT2D eigenvalue weighted by molar-refractivity contribution is 7.20. The number of thiophene rings is 1. The first-order valence-corrected chi connectivity index (χ1v) is 10.3. The highest BCUT2D eigenvalue weighted by Crippen LogP contribution is 2.27. The first kappa shape index (κ1) is 20.3. The van der Waals surface area contributed by atoms with Crippen molar-refractivity contribution in [3.05, 3.63) is 38.3 Å². The van der Waals surface area contributed by atoms with Crippen molar-refractivity contribution in [2.75, 3.05) is 6.54 Å². The molecule has 8 heteroatoms. The van der Waals surface area contributed by atoms with Crippen LogP contribution >= 0.6 is 11.3 Å². The summed E-state index contributed by atoms with van der Waals surface area (Å²) in [6, 6.07) is 0.